The Kier molecular flexibility index (Phi) is 6.59. The van der Waals surface area contributed by atoms with Gasteiger partial charge in [0.2, 0.25) is 11.8 Å². The lowest BCUT2D eigenvalue weighted by atomic mass is 10.1. The molecule has 0 amide bonds. The summed E-state index contributed by atoms with van der Waals surface area (Å²) in [6.07, 6.45) is 0. The number of methoxy groups -OCH3 is 2. The summed E-state index contributed by atoms with van der Waals surface area (Å²) < 4.78 is 10.6. The smallest absolute Gasteiger partial charge is 0.214 e. The molecule has 0 aliphatic carbocycles. The lowest BCUT2D eigenvalue weighted by Crippen LogP contribution is -1.96. The van der Waals surface area contributed by atoms with E-state index in [4.69, 9.17) is 20.9 Å². The summed E-state index contributed by atoms with van der Waals surface area (Å²) in [5.74, 6) is 1.99. The van der Waals surface area contributed by atoms with Gasteiger partial charge in [0.15, 0.2) is 0 Å². The van der Waals surface area contributed by atoms with Crippen LogP contribution in [-0.2, 0) is 0 Å². The van der Waals surface area contributed by atoms with Crippen molar-refractivity contribution in [2.45, 2.75) is 0 Å². The number of rotatable bonds is 3. The molecule has 7 heteroatoms. The first-order chi connectivity index (χ1) is 12.0. The number of nitrogens with two attached hydrogens (primary N) is 2. The zero-order valence-corrected chi connectivity index (χ0v) is 15.5. The van der Waals surface area contributed by atoms with Crippen molar-refractivity contribution in [1.82, 2.24) is 9.97 Å². The quantitative estimate of drug-likeness (QED) is 0.691. The van der Waals surface area contributed by atoms with Crippen LogP contribution in [0.1, 0.15) is 0 Å². The fourth-order valence-corrected chi connectivity index (χ4v) is 2.21. The summed E-state index contributed by atoms with van der Waals surface area (Å²) in [4.78, 5) is 8.02. The Hall–Kier alpha value is -2.80. The highest BCUT2D eigenvalue weighted by molar-refractivity contribution is 9.10. The summed E-state index contributed by atoms with van der Waals surface area (Å²) >= 11 is 3.22. The minimum Gasteiger partial charge on any atom is -0.481 e. The fourth-order valence-electron chi connectivity index (χ4n) is 1.98. The Morgan fingerprint density at radius 3 is 1.84 bits per heavy atom. The molecular weight excluding hydrogens is 384 g/mol. The molecule has 0 bridgehead atoms. The van der Waals surface area contributed by atoms with E-state index >= 15 is 0 Å². The maximum absolute atomic E-state index is 5.84. The predicted molar refractivity (Wildman–Crippen MR) is 104 cm³/mol. The molecule has 0 radical (unpaired) electrons. The van der Waals surface area contributed by atoms with Crippen LogP contribution in [0.15, 0.2) is 59.1 Å². The second-order valence-corrected chi connectivity index (χ2v) is 5.73. The Morgan fingerprint density at radius 2 is 1.32 bits per heavy atom. The first-order valence-electron chi connectivity index (χ1n) is 7.37. The van der Waals surface area contributed by atoms with Crippen molar-refractivity contribution in [3.63, 3.8) is 0 Å². The second-order valence-electron chi connectivity index (χ2n) is 4.87. The van der Waals surface area contributed by atoms with E-state index in [1.54, 1.807) is 32.4 Å². The third-order valence-corrected chi connectivity index (χ3v) is 3.92. The van der Waals surface area contributed by atoms with Gasteiger partial charge < -0.3 is 20.9 Å². The fraction of sp³-hybridized carbons (Fsp3) is 0.111. The number of hydrogen-bond donors (Lipinski definition) is 2. The highest BCUT2D eigenvalue weighted by Crippen LogP contribution is 2.25. The van der Waals surface area contributed by atoms with Crippen LogP contribution >= 0.6 is 15.9 Å². The SMILES string of the molecule is COc1ccc(-c2ccccc2)c(N)n1.COc1ccc(Br)c(N)n1. The third kappa shape index (κ3) is 5.09. The maximum Gasteiger partial charge on any atom is 0.214 e. The molecule has 25 heavy (non-hydrogen) atoms. The Balaban J connectivity index is 0.000000196. The monoisotopic (exact) mass is 402 g/mol. The number of nitrogens with zero attached hydrogens (tertiary/aromatic N) is 2. The van der Waals surface area contributed by atoms with Gasteiger partial charge in [0.25, 0.3) is 0 Å². The minimum absolute atomic E-state index is 0.444. The first kappa shape index (κ1) is 18.5. The molecule has 0 saturated heterocycles. The molecule has 0 aliphatic heterocycles. The van der Waals surface area contributed by atoms with Gasteiger partial charge >= 0.3 is 0 Å². The number of nitrogen functional groups attached to an aromatic ring is 2. The predicted octanol–water partition coefficient (Wildman–Crippen LogP) is 3.77. The van der Waals surface area contributed by atoms with E-state index in [9.17, 15) is 0 Å². The van der Waals surface area contributed by atoms with Crippen LogP contribution in [-0.4, -0.2) is 24.2 Å². The molecule has 0 saturated carbocycles. The number of hydrogen-bond acceptors (Lipinski definition) is 6. The number of benzene rings is 1. The standard InChI is InChI=1S/C12H12N2O.C6H7BrN2O/c1-15-11-8-7-10(12(13)14-11)9-5-3-2-4-6-9;1-10-5-3-2-4(7)6(8)9-5/h2-8H,1H3,(H2,13,14);2-3H,1H3,(H2,8,9). The van der Waals surface area contributed by atoms with Crippen LogP contribution < -0.4 is 20.9 Å². The van der Waals surface area contributed by atoms with E-state index < -0.39 is 0 Å². The van der Waals surface area contributed by atoms with Gasteiger partial charge in [-0.25, -0.2) is 0 Å². The van der Waals surface area contributed by atoms with Crippen LogP contribution in [0.2, 0.25) is 0 Å². The molecule has 0 unspecified atom stereocenters. The third-order valence-electron chi connectivity index (χ3n) is 3.25. The van der Waals surface area contributed by atoms with Gasteiger partial charge in [-0.3, -0.25) is 0 Å². The van der Waals surface area contributed by atoms with Crippen LogP contribution in [0.5, 0.6) is 11.8 Å². The van der Waals surface area contributed by atoms with Crippen molar-refractivity contribution in [1.29, 1.82) is 0 Å². The summed E-state index contributed by atoms with van der Waals surface area (Å²) in [7, 11) is 3.12. The molecule has 0 aliphatic rings. The van der Waals surface area contributed by atoms with E-state index in [0.29, 0.717) is 23.4 Å². The number of halogens is 1. The van der Waals surface area contributed by atoms with Gasteiger partial charge in [-0.15, -0.1) is 0 Å². The van der Waals surface area contributed by atoms with Gasteiger partial charge in [-0.05, 0) is 33.6 Å². The average Bonchev–Trinajstić information content (AvgIpc) is 2.65. The van der Waals surface area contributed by atoms with Crippen LogP contribution in [0.3, 0.4) is 0 Å². The van der Waals surface area contributed by atoms with Crippen molar-refractivity contribution < 1.29 is 9.47 Å². The van der Waals surface area contributed by atoms with Gasteiger partial charge in [0, 0.05) is 17.7 Å². The van der Waals surface area contributed by atoms with E-state index in [0.717, 1.165) is 15.6 Å². The summed E-state index contributed by atoms with van der Waals surface area (Å²) in [5, 5.41) is 0. The number of anilines is 2. The van der Waals surface area contributed by atoms with Crippen molar-refractivity contribution in [2.24, 2.45) is 0 Å². The highest BCUT2D eigenvalue weighted by atomic mass is 79.9. The van der Waals surface area contributed by atoms with Crippen molar-refractivity contribution >= 4 is 27.6 Å². The normalized spacial score (nSPS) is 9.72. The summed E-state index contributed by atoms with van der Waals surface area (Å²) in [6.45, 7) is 0. The Labute approximate surface area is 154 Å². The molecular formula is C18H19BrN4O2. The molecule has 3 aromatic rings. The molecule has 1 aromatic carbocycles. The van der Waals surface area contributed by atoms with Crippen LogP contribution in [0.4, 0.5) is 11.6 Å². The maximum atomic E-state index is 5.84. The average molecular weight is 403 g/mol. The van der Waals surface area contributed by atoms with E-state index in [-0.39, 0.29) is 0 Å². The van der Waals surface area contributed by atoms with Gasteiger partial charge in [0.1, 0.15) is 11.6 Å². The first-order valence-corrected chi connectivity index (χ1v) is 8.16. The van der Waals surface area contributed by atoms with E-state index in [2.05, 4.69) is 25.9 Å². The number of aromatic nitrogens is 2. The molecule has 0 atom stereocenters. The summed E-state index contributed by atoms with van der Waals surface area (Å²) in [5.41, 5.74) is 13.3. The van der Waals surface area contributed by atoms with Crippen molar-refractivity contribution in [3.05, 3.63) is 59.1 Å². The molecule has 2 heterocycles. The molecule has 130 valence electrons. The van der Waals surface area contributed by atoms with E-state index in [1.807, 2.05) is 36.4 Å². The molecule has 2 aromatic heterocycles. The molecule has 0 spiro atoms. The van der Waals surface area contributed by atoms with Crippen molar-refractivity contribution in [3.8, 4) is 22.9 Å². The topological polar surface area (TPSA) is 96.3 Å². The lowest BCUT2D eigenvalue weighted by molar-refractivity contribution is 0.398. The number of pyridine rings is 2. The molecule has 3 rings (SSSR count). The molecule has 6 nitrogen and oxygen atoms in total. The molecule has 0 fully saturated rings. The Bertz CT molecular complexity index is 829. The van der Waals surface area contributed by atoms with Crippen LogP contribution in [0, 0.1) is 0 Å². The Morgan fingerprint density at radius 1 is 0.760 bits per heavy atom. The minimum atomic E-state index is 0.444. The largest absolute Gasteiger partial charge is 0.481 e. The van der Waals surface area contributed by atoms with Gasteiger partial charge in [0.05, 0.1) is 18.7 Å². The zero-order chi connectivity index (χ0) is 18.2. The zero-order valence-electron chi connectivity index (χ0n) is 13.9. The van der Waals surface area contributed by atoms with Crippen LogP contribution in [0.25, 0.3) is 11.1 Å². The molecule has 4 N–H and O–H groups in total. The number of ether oxygens (including phenoxy) is 2. The van der Waals surface area contributed by atoms with Gasteiger partial charge in [-0.2, -0.15) is 9.97 Å². The van der Waals surface area contributed by atoms with E-state index in [1.165, 1.54) is 0 Å². The van der Waals surface area contributed by atoms with Crippen molar-refractivity contribution in [2.75, 3.05) is 25.7 Å². The second kappa shape index (κ2) is 8.89. The van der Waals surface area contributed by atoms with Gasteiger partial charge in [-0.1, -0.05) is 30.3 Å². The lowest BCUT2D eigenvalue weighted by Gasteiger charge is -2.06. The summed E-state index contributed by atoms with van der Waals surface area (Å²) in [6, 6.07) is 17.2. The highest BCUT2D eigenvalue weighted by Gasteiger charge is 2.04.